The van der Waals surface area contributed by atoms with Crippen molar-refractivity contribution in [3.05, 3.63) is 0 Å². The average molecular weight is 210 g/mol. The van der Waals surface area contributed by atoms with E-state index < -0.39 is 0 Å². The summed E-state index contributed by atoms with van der Waals surface area (Å²) in [4.78, 5) is 2.76. The monoisotopic (exact) mass is 210 g/mol. The highest BCUT2D eigenvalue weighted by atomic mass is 15.2. The van der Waals surface area contributed by atoms with Crippen molar-refractivity contribution in [2.75, 3.05) is 26.2 Å². The number of hydrogen-bond donors (Lipinski definition) is 1. The summed E-state index contributed by atoms with van der Waals surface area (Å²) in [7, 11) is 0. The third-order valence-corrected chi connectivity index (χ3v) is 4.43. The predicted molar refractivity (Wildman–Crippen MR) is 65.0 cm³/mol. The van der Waals surface area contributed by atoms with Gasteiger partial charge >= 0.3 is 0 Å². The lowest BCUT2D eigenvalue weighted by Gasteiger charge is -2.40. The molecule has 0 spiro atoms. The first-order valence-corrected chi connectivity index (χ1v) is 6.72. The van der Waals surface area contributed by atoms with E-state index in [1.54, 1.807) is 0 Å². The minimum Gasteiger partial charge on any atom is -0.317 e. The fraction of sp³-hybridized carbons (Fsp3) is 1.00. The van der Waals surface area contributed by atoms with Gasteiger partial charge < -0.3 is 10.2 Å². The lowest BCUT2D eigenvalue weighted by molar-refractivity contribution is 0.0892. The molecule has 0 saturated carbocycles. The first-order valence-electron chi connectivity index (χ1n) is 6.72. The Morgan fingerprint density at radius 1 is 1.00 bits per heavy atom. The van der Waals surface area contributed by atoms with Gasteiger partial charge in [-0.05, 0) is 57.2 Å². The third-order valence-electron chi connectivity index (χ3n) is 4.43. The van der Waals surface area contributed by atoms with Crippen LogP contribution in [-0.4, -0.2) is 37.1 Å². The highest BCUT2D eigenvalue weighted by molar-refractivity contribution is 4.82. The molecule has 2 rings (SSSR count). The Balaban J connectivity index is 1.86. The molecule has 0 aromatic carbocycles. The Hall–Kier alpha value is -0.0800. The maximum absolute atomic E-state index is 3.51. The van der Waals surface area contributed by atoms with Crippen molar-refractivity contribution in [1.29, 1.82) is 0 Å². The smallest absolute Gasteiger partial charge is 0.0108 e. The van der Waals surface area contributed by atoms with Gasteiger partial charge in [-0.2, -0.15) is 0 Å². The summed E-state index contributed by atoms with van der Waals surface area (Å²) in [6.07, 6.45) is 5.55. The molecule has 2 aliphatic heterocycles. The van der Waals surface area contributed by atoms with Gasteiger partial charge in [0.25, 0.3) is 0 Å². The minimum atomic E-state index is 0.870. The molecule has 0 aliphatic carbocycles. The molecule has 2 aliphatic rings. The van der Waals surface area contributed by atoms with Gasteiger partial charge in [0.05, 0.1) is 0 Å². The molecular formula is C13H26N2. The zero-order valence-corrected chi connectivity index (χ0v) is 10.3. The molecule has 2 heteroatoms. The second kappa shape index (κ2) is 5.31. The summed E-state index contributed by atoms with van der Waals surface area (Å²) in [6.45, 7) is 9.98. The molecule has 15 heavy (non-hydrogen) atoms. The summed E-state index contributed by atoms with van der Waals surface area (Å²) < 4.78 is 0. The molecule has 3 unspecified atom stereocenters. The molecular weight excluding hydrogens is 184 g/mol. The fourth-order valence-electron chi connectivity index (χ4n) is 2.99. The quantitative estimate of drug-likeness (QED) is 0.713. The molecule has 2 fully saturated rings. The predicted octanol–water partition coefficient (Wildman–Crippen LogP) is 2.11. The normalized spacial score (nSPS) is 40.0. The van der Waals surface area contributed by atoms with Crippen LogP contribution < -0.4 is 5.32 Å². The molecule has 0 aromatic heterocycles. The third kappa shape index (κ3) is 2.94. The molecule has 1 N–H and O–H groups in total. The van der Waals surface area contributed by atoms with Gasteiger partial charge in [0, 0.05) is 12.6 Å². The Morgan fingerprint density at radius 2 is 1.87 bits per heavy atom. The first-order chi connectivity index (χ1) is 7.27. The van der Waals surface area contributed by atoms with E-state index >= 15 is 0 Å². The van der Waals surface area contributed by atoms with E-state index in [1.807, 2.05) is 0 Å². The zero-order valence-electron chi connectivity index (χ0n) is 10.3. The average Bonchev–Trinajstić information content (AvgIpc) is 2.50. The van der Waals surface area contributed by atoms with Crippen LogP contribution in [0.5, 0.6) is 0 Å². The summed E-state index contributed by atoms with van der Waals surface area (Å²) >= 11 is 0. The van der Waals surface area contributed by atoms with Crippen molar-refractivity contribution >= 4 is 0 Å². The molecule has 0 bridgehead atoms. The maximum atomic E-state index is 3.51. The summed E-state index contributed by atoms with van der Waals surface area (Å²) in [5.41, 5.74) is 0. The topological polar surface area (TPSA) is 15.3 Å². The molecule has 2 heterocycles. The Morgan fingerprint density at radius 3 is 2.67 bits per heavy atom. The van der Waals surface area contributed by atoms with Gasteiger partial charge in [0.2, 0.25) is 0 Å². The van der Waals surface area contributed by atoms with Gasteiger partial charge in [-0.25, -0.2) is 0 Å². The fourth-order valence-corrected chi connectivity index (χ4v) is 2.99. The van der Waals surface area contributed by atoms with Gasteiger partial charge in [-0.15, -0.1) is 0 Å². The largest absolute Gasteiger partial charge is 0.317 e. The summed E-state index contributed by atoms with van der Waals surface area (Å²) in [6, 6.07) is 0.870. The van der Waals surface area contributed by atoms with Crippen LogP contribution in [0.1, 0.15) is 39.5 Å². The van der Waals surface area contributed by atoms with Crippen LogP contribution in [0.15, 0.2) is 0 Å². The van der Waals surface area contributed by atoms with Crippen LogP contribution in [0.2, 0.25) is 0 Å². The Kier molecular flexibility index (Phi) is 4.04. The molecule has 2 saturated heterocycles. The zero-order chi connectivity index (χ0) is 10.7. The maximum Gasteiger partial charge on any atom is 0.0108 e. The molecule has 2 nitrogen and oxygen atoms in total. The number of hydrogen-bond acceptors (Lipinski definition) is 2. The van der Waals surface area contributed by atoms with E-state index in [1.165, 1.54) is 51.9 Å². The number of rotatable bonds is 1. The molecule has 3 atom stereocenters. The van der Waals surface area contributed by atoms with Crippen LogP contribution in [0.25, 0.3) is 0 Å². The van der Waals surface area contributed by atoms with Crippen LogP contribution in [-0.2, 0) is 0 Å². The van der Waals surface area contributed by atoms with Gasteiger partial charge in [0.1, 0.15) is 0 Å². The molecule has 0 radical (unpaired) electrons. The van der Waals surface area contributed by atoms with Crippen LogP contribution in [0.4, 0.5) is 0 Å². The second-order valence-electron chi connectivity index (χ2n) is 5.57. The number of piperidine rings is 1. The van der Waals surface area contributed by atoms with Crippen LogP contribution in [0.3, 0.4) is 0 Å². The second-order valence-corrected chi connectivity index (χ2v) is 5.57. The highest BCUT2D eigenvalue weighted by Gasteiger charge is 2.27. The van der Waals surface area contributed by atoms with Crippen molar-refractivity contribution in [2.45, 2.75) is 45.6 Å². The molecule has 0 amide bonds. The van der Waals surface area contributed by atoms with Crippen molar-refractivity contribution in [3.8, 4) is 0 Å². The van der Waals surface area contributed by atoms with E-state index in [4.69, 9.17) is 0 Å². The van der Waals surface area contributed by atoms with Crippen molar-refractivity contribution in [2.24, 2.45) is 11.8 Å². The number of nitrogens with one attached hydrogen (secondary N) is 1. The highest BCUT2D eigenvalue weighted by Crippen LogP contribution is 2.26. The summed E-state index contributed by atoms with van der Waals surface area (Å²) in [5, 5.41) is 3.51. The molecule has 88 valence electrons. The van der Waals surface area contributed by atoms with Crippen LogP contribution >= 0.6 is 0 Å². The van der Waals surface area contributed by atoms with E-state index in [0.717, 1.165) is 17.9 Å². The first kappa shape index (κ1) is 11.4. The lowest BCUT2D eigenvalue weighted by atomic mass is 9.87. The van der Waals surface area contributed by atoms with E-state index in [2.05, 4.69) is 24.1 Å². The Labute approximate surface area is 94.4 Å². The van der Waals surface area contributed by atoms with Gasteiger partial charge in [-0.1, -0.05) is 13.8 Å². The van der Waals surface area contributed by atoms with Gasteiger partial charge in [0.15, 0.2) is 0 Å². The SMILES string of the molecule is CC1CCN(C2CCCNCC2)CC1C. The van der Waals surface area contributed by atoms with Crippen molar-refractivity contribution in [3.63, 3.8) is 0 Å². The molecule has 0 aromatic rings. The van der Waals surface area contributed by atoms with Crippen LogP contribution in [0, 0.1) is 11.8 Å². The van der Waals surface area contributed by atoms with E-state index in [0.29, 0.717) is 0 Å². The van der Waals surface area contributed by atoms with Crippen molar-refractivity contribution in [1.82, 2.24) is 10.2 Å². The van der Waals surface area contributed by atoms with E-state index in [9.17, 15) is 0 Å². The Bertz CT molecular complexity index is 185. The minimum absolute atomic E-state index is 0.870. The lowest BCUT2D eigenvalue weighted by Crippen LogP contribution is -2.44. The van der Waals surface area contributed by atoms with Gasteiger partial charge in [-0.3, -0.25) is 0 Å². The summed E-state index contributed by atoms with van der Waals surface area (Å²) in [5.74, 6) is 1.83. The number of nitrogens with zero attached hydrogens (tertiary/aromatic N) is 1. The van der Waals surface area contributed by atoms with Crippen molar-refractivity contribution < 1.29 is 0 Å². The van der Waals surface area contributed by atoms with E-state index in [-0.39, 0.29) is 0 Å². The number of likely N-dealkylation sites (tertiary alicyclic amines) is 1. The standard InChI is InChI=1S/C13H26N2/c1-11-6-9-15(10-12(11)2)13-4-3-7-14-8-5-13/h11-14H,3-10H2,1-2H3.